The Morgan fingerprint density at radius 3 is 2.67 bits per heavy atom. The summed E-state index contributed by atoms with van der Waals surface area (Å²) in [6.45, 7) is 6.74. The normalized spacial score (nSPS) is 24.9. The monoisotopic (exact) mass is 203 g/mol. The third kappa shape index (κ3) is 2.23. The van der Waals surface area contributed by atoms with Gasteiger partial charge in [0.15, 0.2) is 0 Å². The van der Waals surface area contributed by atoms with Crippen LogP contribution >= 0.6 is 0 Å². The Morgan fingerprint density at radius 2 is 1.93 bits per heavy atom. The largest absolute Gasteiger partial charge is 0.316 e. The molecule has 1 nitrogen and oxygen atoms in total. The Morgan fingerprint density at radius 1 is 1.20 bits per heavy atom. The van der Waals surface area contributed by atoms with Gasteiger partial charge in [-0.25, -0.2) is 0 Å². The molecule has 2 unspecified atom stereocenters. The lowest BCUT2D eigenvalue weighted by atomic mass is 9.77. The third-order valence-corrected chi connectivity index (χ3v) is 3.56. The number of hydrogen-bond donors (Lipinski definition) is 1. The molecule has 0 aromatic heterocycles. The van der Waals surface area contributed by atoms with E-state index in [1.165, 1.54) is 12.8 Å². The molecule has 0 radical (unpaired) electrons. The van der Waals surface area contributed by atoms with E-state index in [2.05, 4.69) is 43.4 Å². The van der Waals surface area contributed by atoms with E-state index in [0.29, 0.717) is 0 Å². The predicted molar refractivity (Wildman–Crippen MR) is 65.4 cm³/mol. The van der Waals surface area contributed by atoms with Gasteiger partial charge in [-0.3, -0.25) is 0 Å². The van der Waals surface area contributed by atoms with Crippen molar-refractivity contribution >= 4 is 0 Å². The zero-order chi connectivity index (χ0) is 10.7. The number of fused-ring (bicyclic) bond motifs is 1. The second-order valence-electron chi connectivity index (χ2n) is 4.61. The van der Waals surface area contributed by atoms with Crippen molar-refractivity contribution < 1.29 is 0 Å². The van der Waals surface area contributed by atoms with Gasteiger partial charge >= 0.3 is 0 Å². The summed E-state index contributed by atoms with van der Waals surface area (Å²) in [7, 11) is 0. The molecule has 0 amide bonds. The summed E-state index contributed by atoms with van der Waals surface area (Å²) in [5.74, 6) is 1.48. The first-order valence-corrected chi connectivity index (χ1v) is 6.12. The van der Waals surface area contributed by atoms with Gasteiger partial charge in [0, 0.05) is 6.54 Å². The van der Waals surface area contributed by atoms with Crippen molar-refractivity contribution in [3.05, 3.63) is 35.4 Å². The summed E-state index contributed by atoms with van der Waals surface area (Å²) < 4.78 is 0. The highest BCUT2D eigenvalue weighted by Crippen LogP contribution is 2.37. The van der Waals surface area contributed by atoms with Crippen molar-refractivity contribution in [1.82, 2.24) is 5.32 Å². The van der Waals surface area contributed by atoms with Crippen LogP contribution in [0.25, 0.3) is 0 Å². The molecule has 1 aromatic carbocycles. The minimum absolute atomic E-state index is 0.734. The SMILES string of the molecule is CCNCC1CCC(C)c2ccccc21. The molecule has 0 spiro atoms. The van der Waals surface area contributed by atoms with Crippen LogP contribution in [0.2, 0.25) is 0 Å². The van der Waals surface area contributed by atoms with Crippen molar-refractivity contribution in [1.29, 1.82) is 0 Å². The van der Waals surface area contributed by atoms with Crippen LogP contribution in [0.15, 0.2) is 24.3 Å². The highest BCUT2D eigenvalue weighted by Gasteiger charge is 2.23. The molecule has 1 N–H and O–H groups in total. The Kier molecular flexibility index (Phi) is 3.42. The fourth-order valence-electron chi connectivity index (χ4n) is 2.62. The highest BCUT2D eigenvalue weighted by molar-refractivity contribution is 5.35. The zero-order valence-electron chi connectivity index (χ0n) is 9.79. The third-order valence-electron chi connectivity index (χ3n) is 3.56. The first kappa shape index (κ1) is 10.7. The number of likely N-dealkylation sites (N-methyl/N-ethyl adjacent to an activating group) is 1. The van der Waals surface area contributed by atoms with E-state index < -0.39 is 0 Å². The summed E-state index contributed by atoms with van der Waals surface area (Å²) in [6.07, 6.45) is 2.68. The number of nitrogens with one attached hydrogen (secondary N) is 1. The molecule has 2 atom stereocenters. The Balaban J connectivity index is 2.20. The quantitative estimate of drug-likeness (QED) is 0.795. The van der Waals surface area contributed by atoms with Crippen LogP contribution < -0.4 is 5.32 Å². The lowest BCUT2D eigenvalue weighted by molar-refractivity contribution is 0.478. The zero-order valence-corrected chi connectivity index (χ0v) is 9.79. The summed E-state index contributed by atoms with van der Waals surface area (Å²) in [6, 6.07) is 8.96. The molecule has 0 fully saturated rings. The van der Waals surface area contributed by atoms with Crippen molar-refractivity contribution in [3.8, 4) is 0 Å². The van der Waals surface area contributed by atoms with Crippen molar-refractivity contribution in [2.45, 2.75) is 38.5 Å². The van der Waals surface area contributed by atoms with E-state index in [4.69, 9.17) is 0 Å². The smallest absolute Gasteiger partial charge is 0.00201 e. The van der Waals surface area contributed by atoms with Gasteiger partial charge in [-0.2, -0.15) is 0 Å². The van der Waals surface area contributed by atoms with Crippen molar-refractivity contribution in [3.63, 3.8) is 0 Å². The first-order chi connectivity index (χ1) is 7.33. The number of hydrogen-bond acceptors (Lipinski definition) is 1. The molecule has 2 rings (SSSR count). The van der Waals surface area contributed by atoms with Crippen LogP contribution in [0.5, 0.6) is 0 Å². The molecule has 15 heavy (non-hydrogen) atoms. The van der Waals surface area contributed by atoms with Gasteiger partial charge in [0.2, 0.25) is 0 Å². The Bertz CT molecular complexity index is 319. The highest BCUT2D eigenvalue weighted by atomic mass is 14.8. The van der Waals surface area contributed by atoms with Crippen LogP contribution in [0.1, 0.15) is 49.7 Å². The second-order valence-corrected chi connectivity index (χ2v) is 4.61. The van der Waals surface area contributed by atoms with Gasteiger partial charge in [-0.05, 0) is 42.3 Å². The predicted octanol–water partition coefficient (Wildman–Crippen LogP) is 3.28. The van der Waals surface area contributed by atoms with Gasteiger partial charge in [0.25, 0.3) is 0 Å². The lowest BCUT2D eigenvalue weighted by Crippen LogP contribution is -2.24. The number of benzene rings is 1. The fourth-order valence-corrected chi connectivity index (χ4v) is 2.62. The van der Waals surface area contributed by atoms with Crippen molar-refractivity contribution in [2.24, 2.45) is 0 Å². The topological polar surface area (TPSA) is 12.0 Å². The Labute approximate surface area is 92.9 Å². The second kappa shape index (κ2) is 4.80. The Hall–Kier alpha value is -0.820. The molecule has 1 aliphatic rings. The molecule has 1 aromatic rings. The average Bonchev–Trinajstić information content (AvgIpc) is 2.29. The molecule has 82 valence electrons. The van der Waals surface area contributed by atoms with E-state index in [-0.39, 0.29) is 0 Å². The fraction of sp³-hybridized carbons (Fsp3) is 0.571. The summed E-state index contributed by atoms with van der Waals surface area (Å²) in [5, 5.41) is 3.47. The van der Waals surface area contributed by atoms with E-state index in [1.54, 1.807) is 11.1 Å². The standard InChI is InChI=1S/C14H21N/c1-3-15-10-12-9-8-11(2)13-6-4-5-7-14(12)13/h4-7,11-12,15H,3,8-10H2,1-2H3. The van der Waals surface area contributed by atoms with E-state index >= 15 is 0 Å². The molecule has 1 aliphatic carbocycles. The van der Waals surface area contributed by atoms with Gasteiger partial charge in [0.1, 0.15) is 0 Å². The van der Waals surface area contributed by atoms with E-state index in [0.717, 1.165) is 24.9 Å². The van der Waals surface area contributed by atoms with Gasteiger partial charge in [0.05, 0.1) is 0 Å². The lowest BCUT2D eigenvalue weighted by Gasteiger charge is -2.29. The summed E-state index contributed by atoms with van der Waals surface area (Å²) in [4.78, 5) is 0. The summed E-state index contributed by atoms with van der Waals surface area (Å²) in [5.41, 5.74) is 3.16. The molecule has 1 heteroatoms. The van der Waals surface area contributed by atoms with Gasteiger partial charge < -0.3 is 5.32 Å². The minimum Gasteiger partial charge on any atom is -0.316 e. The molecule has 0 aliphatic heterocycles. The summed E-state index contributed by atoms with van der Waals surface area (Å²) >= 11 is 0. The molecule has 0 saturated heterocycles. The maximum Gasteiger partial charge on any atom is 0.00201 e. The maximum absolute atomic E-state index is 3.47. The molecule has 0 bridgehead atoms. The molecular weight excluding hydrogens is 182 g/mol. The van der Waals surface area contributed by atoms with Crippen LogP contribution in [0.3, 0.4) is 0 Å². The molecular formula is C14H21N. The molecule has 0 heterocycles. The van der Waals surface area contributed by atoms with Gasteiger partial charge in [-0.15, -0.1) is 0 Å². The van der Waals surface area contributed by atoms with Crippen LogP contribution in [-0.2, 0) is 0 Å². The van der Waals surface area contributed by atoms with Crippen LogP contribution in [0.4, 0.5) is 0 Å². The molecule has 0 saturated carbocycles. The van der Waals surface area contributed by atoms with Crippen LogP contribution in [-0.4, -0.2) is 13.1 Å². The first-order valence-electron chi connectivity index (χ1n) is 6.12. The average molecular weight is 203 g/mol. The minimum atomic E-state index is 0.734. The number of rotatable bonds is 3. The van der Waals surface area contributed by atoms with E-state index in [1.807, 2.05) is 0 Å². The van der Waals surface area contributed by atoms with E-state index in [9.17, 15) is 0 Å². The van der Waals surface area contributed by atoms with Gasteiger partial charge in [-0.1, -0.05) is 38.1 Å². The van der Waals surface area contributed by atoms with Crippen molar-refractivity contribution in [2.75, 3.05) is 13.1 Å². The maximum atomic E-state index is 3.47. The van der Waals surface area contributed by atoms with Crippen LogP contribution in [0, 0.1) is 0 Å².